The number of para-hydroxylation sites is 1. The number of nitrogens with zero attached hydrogens (tertiary/aromatic N) is 3. The number of nitrogens with one attached hydrogen (secondary N) is 2. The lowest BCUT2D eigenvalue weighted by Crippen LogP contribution is -2.57. The third-order valence-corrected chi connectivity index (χ3v) is 11.7. The van der Waals surface area contributed by atoms with Gasteiger partial charge in [-0.25, -0.2) is 0 Å². The van der Waals surface area contributed by atoms with Gasteiger partial charge in [0.25, 0.3) is 5.91 Å². The topological polar surface area (TPSA) is 180 Å². The first-order valence-electron chi connectivity index (χ1n) is 16.5. The molecule has 4 aliphatic heterocycles. The minimum Gasteiger partial charge on any atom is -0.340 e. The molecule has 0 aliphatic carbocycles. The van der Waals surface area contributed by atoms with Crippen LogP contribution in [0.1, 0.15) is 60.0 Å². The maximum atomic E-state index is 14.4. The van der Waals surface area contributed by atoms with Crippen LogP contribution in [0.2, 0.25) is 0 Å². The molecule has 0 aromatic heterocycles. The molecule has 50 heavy (non-hydrogen) atoms. The molecule has 3 aromatic rings. The van der Waals surface area contributed by atoms with Gasteiger partial charge in [0, 0.05) is 35.9 Å². The zero-order chi connectivity index (χ0) is 35.6. The van der Waals surface area contributed by atoms with Gasteiger partial charge in [-0.1, -0.05) is 49.2 Å². The molecule has 3 aromatic carbocycles. The SMILES string of the molecule is N#C[C@H]1CN(C(=O)[C@@H]2CC[C@@H]3CCCC[C@H](NC(=O)c4ccc5ccc(C(F)(F)P(=O)(O)O)cc5c4)C(=O)N32)C[C@@]12C(=O)Nc1ccccc12. The molecule has 4 aliphatic rings. The number of rotatable bonds is 5. The van der Waals surface area contributed by atoms with E-state index in [2.05, 4.69) is 16.7 Å². The van der Waals surface area contributed by atoms with Crippen LogP contribution in [0.25, 0.3) is 10.8 Å². The predicted molar refractivity (Wildman–Crippen MR) is 176 cm³/mol. The molecular weight excluding hydrogens is 671 g/mol. The molecule has 0 unspecified atom stereocenters. The maximum absolute atomic E-state index is 14.4. The average Bonchev–Trinajstić information content (AvgIpc) is 3.77. The van der Waals surface area contributed by atoms with E-state index in [1.807, 2.05) is 0 Å². The summed E-state index contributed by atoms with van der Waals surface area (Å²) in [7, 11) is -5.81. The fourth-order valence-corrected chi connectivity index (χ4v) is 8.59. The number of alkyl halides is 2. The van der Waals surface area contributed by atoms with Gasteiger partial charge >= 0.3 is 13.3 Å². The van der Waals surface area contributed by atoms with Gasteiger partial charge in [0.05, 0.1) is 12.0 Å². The van der Waals surface area contributed by atoms with Gasteiger partial charge in [0.15, 0.2) is 0 Å². The van der Waals surface area contributed by atoms with Crippen LogP contribution >= 0.6 is 7.60 Å². The van der Waals surface area contributed by atoms with E-state index in [4.69, 9.17) is 9.79 Å². The number of hydrogen-bond donors (Lipinski definition) is 4. The van der Waals surface area contributed by atoms with E-state index in [9.17, 15) is 37.8 Å². The van der Waals surface area contributed by atoms with Crippen LogP contribution in [0.15, 0.2) is 60.7 Å². The van der Waals surface area contributed by atoms with Gasteiger partial charge in [-0.2, -0.15) is 14.0 Å². The molecule has 0 radical (unpaired) electrons. The van der Waals surface area contributed by atoms with Crippen molar-refractivity contribution in [2.75, 3.05) is 18.4 Å². The van der Waals surface area contributed by atoms with Crippen LogP contribution in [0.5, 0.6) is 0 Å². The van der Waals surface area contributed by atoms with Crippen LogP contribution in [-0.2, 0) is 30.0 Å². The lowest BCUT2D eigenvalue weighted by molar-refractivity contribution is -0.146. The van der Waals surface area contributed by atoms with Crippen molar-refractivity contribution in [1.82, 2.24) is 15.1 Å². The molecule has 7 rings (SSSR count). The Hall–Kier alpha value is -4.70. The smallest absolute Gasteiger partial charge is 0.340 e. The first-order chi connectivity index (χ1) is 23.8. The second kappa shape index (κ2) is 12.3. The first-order valence-corrected chi connectivity index (χ1v) is 18.1. The van der Waals surface area contributed by atoms with Crippen molar-refractivity contribution in [3.8, 4) is 6.07 Å². The summed E-state index contributed by atoms with van der Waals surface area (Å²) in [5, 5.41) is 16.3. The van der Waals surface area contributed by atoms with Crippen molar-refractivity contribution in [1.29, 1.82) is 5.26 Å². The minimum absolute atomic E-state index is 0.0000383. The van der Waals surface area contributed by atoms with Crippen LogP contribution in [0.3, 0.4) is 0 Å². The summed E-state index contributed by atoms with van der Waals surface area (Å²) < 4.78 is 40.3. The van der Waals surface area contributed by atoms with Gasteiger partial charge in [-0.15, -0.1) is 0 Å². The van der Waals surface area contributed by atoms with Crippen molar-refractivity contribution in [2.24, 2.45) is 5.92 Å². The van der Waals surface area contributed by atoms with Gasteiger partial charge in [0.2, 0.25) is 17.7 Å². The molecule has 12 nitrogen and oxygen atoms in total. The van der Waals surface area contributed by atoms with E-state index in [1.54, 1.807) is 29.2 Å². The Balaban J connectivity index is 1.12. The van der Waals surface area contributed by atoms with Crippen molar-refractivity contribution in [3.63, 3.8) is 0 Å². The number of likely N-dealkylation sites (tertiary alicyclic amines) is 1. The number of anilines is 1. The fraction of sp³-hybridized carbons (Fsp3) is 0.400. The molecule has 3 saturated heterocycles. The predicted octanol–water partition coefficient (Wildman–Crippen LogP) is 3.97. The molecule has 5 atom stereocenters. The number of hydrogen-bond acceptors (Lipinski definition) is 6. The Morgan fingerprint density at radius 3 is 2.50 bits per heavy atom. The van der Waals surface area contributed by atoms with E-state index in [0.717, 1.165) is 18.6 Å². The molecule has 4 heterocycles. The number of amides is 4. The average molecular weight is 706 g/mol. The zero-order valence-electron chi connectivity index (χ0n) is 26.7. The number of fused-ring (bicyclic) bond motifs is 4. The normalized spacial score (nSPS) is 26.6. The third-order valence-electron chi connectivity index (χ3n) is 10.7. The second-order valence-corrected chi connectivity index (χ2v) is 15.2. The summed E-state index contributed by atoms with van der Waals surface area (Å²) in [4.78, 5) is 76.7. The standard InChI is InChI=1S/C35H34F2N5O7P/c36-35(37,50(47,48)49)23-12-11-20-9-10-21(15-22(20)16-23)30(43)39-28-8-3-1-5-25-13-14-29(42(25)31(28)44)32(45)41-18-24(17-38)34(19-41)26-6-2-4-7-27(26)40-33(34)46/h2,4,6-7,9-12,15-16,24-25,28-29H,1,3,5,8,13-14,18-19H2,(H,39,43)(H,40,46)(H2,47,48,49)/t24-,25-,28-,29-,34+/m0/s1. The summed E-state index contributed by atoms with van der Waals surface area (Å²) >= 11 is 0. The van der Waals surface area contributed by atoms with Crippen molar-refractivity contribution in [2.45, 2.75) is 67.7 Å². The van der Waals surface area contributed by atoms with Crippen LogP contribution in [0.4, 0.5) is 14.5 Å². The molecular formula is C35H34F2N5O7P. The summed E-state index contributed by atoms with van der Waals surface area (Å²) in [5.41, 5.74) is -5.22. The first kappa shape index (κ1) is 33.8. The monoisotopic (exact) mass is 705 g/mol. The Morgan fingerprint density at radius 2 is 1.74 bits per heavy atom. The van der Waals surface area contributed by atoms with Crippen molar-refractivity contribution in [3.05, 3.63) is 77.4 Å². The van der Waals surface area contributed by atoms with E-state index in [-0.39, 0.29) is 41.9 Å². The summed E-state index contributed by atoms with van der Waals surface area (Å²) in [5.74, 6) is -2.55. The quantitative estimate of drug-likeness (QED) is 0.288. The summed E-state index contributed by atoms with van der Waals surface area (Å²) in [6.45, 7) is 0.0320. The third kappa shape index (κ3) is 5.35. The molecule has 4 N–H and O–H groups in total. The molecule has 15 heteroatoms. The zero-order valence-corrected chi connectivity index (χ0v) is 27.6. The molecule has 1 spiro atoms. The highest BCUT2D eigenvalue weighted by molar-refractivity contribution is 7.52. The largest absolute Gasteiger partial charge is 0.399 e. The summed E-state index contributed by atoms with van der Waals surface area (Å²) in [6, 6.07) is 14.7. The van der Waals surface area contributed by atoms with Crippen LogP contribution in [-0.4, -0.2) is 74.4 Å². The number of carbonyl (C=O) groups excluding carboxylic acids is 4. The Kier molecular flexibility index (Phi) is 8.28. The molecule has 3 fully saturated rings. The van der Waals surface area contributed by atoms with E-state index >= 15 is 0 Å². The second-order valence-electron chi connectivity index (χ2n) is 13.5. The maximum Gasteiger partial charge on any atom is 0.399 e. The number of carbonyl (C=O) groups is 4. The van der Waals surface area contributed by atoms with Gasteiger partial charge in [-0.3, -0.25) is 23.7 Å². The van der Waals surface area contributed by atoms with E-state index in [1.165, 1.54) is 29.2 Å². The van der Waals surface area contributed by atoms with Crippen molar-refractivity contribution >= 4 is 47.7 Å². The lowest BCUT2D eigenvalue weighted by atomic mass is 9.74. The highest BCUT2D eigenvalue weighted by Gasteiger charge is 2.60. The van der Waals surface area contributed by atoms with Crippen molar-refractivity contribution < 1.29 is 42.3 Å². The lowest BCUT2D eigenvalue weighted by Gasteiger charge is -2.36. The number of benzene rings is 3. The Morgan fingerprint density at radius 1 is 1.00 bits per heavy atom. The van der Waals surface area contributed by atoms with Crippen LogP contribution < -0.4 is 10.6 Å². The molecule has 0 bridgehead atoms. The number of nitriles is 1. The van der Waals surface area contributed by atoms with Gasteiger partial charge in [0.1, 0.15) is 17.5 Å². The molecule has 0 saturated carbocycles. The fourth-order valence-electron chi connectivity index (χ4n) is 8.11. The molecule has 260 valence electrons. The minimum atomic E-state index is -5.81. The van der Waals surface area contributed by atoms with E-state index in [0.29, 0.717) is 48.7 Å². The van der Waals surface area contributed by atoms with Gasteiger partial charge in [-0.05, 0) is 66.3 Å². The van der Waals surface area contributed by atoms with Crippen LogP contribution in [0, 0.1) is 17.2 Å². The van der Waals surface area contributed by atoms with Gasteiger partial charge < -0.3 is 30.2 Å². The highest BCUT2D eigenvalue weighted by Crippen LogP contribution is 2.59. The Labute approximate surface area is 285 Å². The Bertz CT molecular complexity index is 2030. The van der Waals surface area contributed by atoms with E-state index < -0.39 is 54.1 Å². The molecule has 4 amide bonds. The summed E-state index contributed by atoms with van der Waals surface area (Å²) in [6.07, 6.45) is 3.37. The highest BCUT2D eigenvalue weighted by atomic mass is 31.2. The number of halogens is 2.